The number of aryl methyl sites for hydroxylation is 1. The highest BCUT2D eigenvalue weighted by Crippen LogP contribution is 2.19. The van der Waals surface area contributed by atoms with Gasteiger partial charge in [0, 0.05) is 17.4 Å². The molecule has 0 fully saturated rings. The van der Waals surface area contributed by atoms with Gasteiger partial charge in [-0.05, 0) is 37.0 Å². The SMILES string of the molecule is CCC(CCBr)CNC(=O)c1ccc(C)c(OC)c1. The molecule has 0 radical (unpaired) electrons. The van der Waals surface area contributed by atoms with Gasteiger partial charge in [0.05, 0.1) is 7.11 Å². The molecule has 3 nitrogen and oxygen atoms in total. The highest BCUT2D eigenvalue weighted by atomic mass is 79.9. The topological polar surface area (TPSA) is 38.3 Å². The molecule has 0 saturated heterocycles. The summed E-state index contributed by atoms with van der Waals surface area (Å²) in [7, 11) is 1.62. The fourth-order valence-corrected chi connectivity index (χ4v) is 2.55. The Morgan fingerprint density at radius 3 is 2.79 bits per heavy atom. The molecule has 0 saturated carbocycles. The lowest BCUT2D eigenvalue weighted by Gasteiger charge is -2.14. The maximum absolute atomic E-state index is 12.1. The number of nitrogens with one attached hydrogen (secondary N) is 1. The van der Waals surface area contributed by atoms with Crippen molar-refractivity contribution in [3.63, 3.8) is 0 Å². The first-order chi connectivity index (χ1) is 9.12. The van der Waals surface area contributed by atoms with Crippen molar-refractivity contribution in [1.29, 1.82) is 0 Å². The molecule has 0 bridgehead atoms. The van der Waals surface area contributed by atoms with Crippen molar-refractivity contribution in [1.82, 2.24) is 5.32 Å². The molecule has 0 heterocycles. The summed E-state index contributed by atoms with van der Waals surface area (Å²) < 4.78 is 5.23. The van der Waals surface area contributed by atoms with Gasteiger partial charge in [0.15, 0.2) is 0 Å². The van der Waals surface area contributed by atoms with E-state index in [1.807, 2.05) is 19.1 Å². The van der Waals surface area contributed by atoms with Gasteiger partial charge >= 0.3 is 0 Å². The van der Waals surface area contributed by atoms with Gasteiger partial charge in [-0.15, -0.1) is 0 Å². The average molecular weight is 328 g/mol. The monoisotopic (exact) mass is 327 g/mol. The van der Waals surface area contributed by atoms with E-state index in [0.29, 0.717) is 11.5 Å². The van der Waals surface area contributed by atoms with Crippen LogP contribution in [0.15, 0.2) is 18.2 Å². The summed E-state index contributed by atoms with van der Waals surface area (Å²) in [5.41, 5.74) is 1.68. The molecule has 0 aliphatic carbocycles. The number of methoxy groups -OCH3 is 1. The Balaban J connectivity index is 2.62. The lowest BCUT2D eigenvalue weighted by Crippen LogP contribution is -2.29. The van der Waals surface area contributed by atoms with E-state index in [9.17, 15) is 4.79 Å². The van der Waals surface area contributed by atoms with Gasteiger partial charge < -0.3 is 10.1 Å². The zero-order valence-corrected chi connectivity index (χ0v) is 13.4. The fraction of sp³-hybridized carbons (Fsp3) is 0.533. The Labute approximate surface area is 123 Å². The lowest BCUT2D eigenvalue weighted by molar-refractivity contribution is 0.0946. The summed E-state index contributed by atoms with van der Waals surface area (Å²) in [5.74, 6) is 1.24. The van der Waals surface area contributed by atoms with Gasteiger partial charge in [-0.2, -0.15) is 0 Å². The molecule has 106 valence electrons. The Morgan fingerprint density at radius 1 is 1.47 bits per heavy atom. The summed E-state index contributed by atoms with van der Waals surface area (Å²) in [6.45, 7) is 4.83. The second-order valence-corrected chi connectivity index (χ2v) is 5.44. The van der Waals surface area contributed by atoms with E-state index in [-0.39, 0.29) is 5.91 Å². The Hall–Kier alpha value is -1.03. The van der Waals surface area contributed by atoms with Gasteiger partial charge in [0.2, 0.25) is 0 Å². The molecule has 0 spiro atoms. The van der Waals surface area contributed by atoms with Crippen molar-refractivity contribution in [3.05, 3.63) is 29.3 Å². The second-order valence-electron chi connectivity index (χ2n) is 4.65. The minimum Gasteiger partial charge on any atom is -0.496 e. The van der Waals surface area contributed by atoms with Crippen molar-refractivity contribution >= 4 is 21.8 Å². The quantitative estimate of drug-likeness (QED) is 0.778. The lowest BCUT2D eigenvalue weighted by atomic mass is 10.0. The van der Waals surface area contributed by atoms with Crippen LogP contribution in [-0.4, -0.2) is 24.9 Å². The van der Waals surface area contributed by atoms with Crippen LogP contribution in [0.1, 0.15) is 35.7 Å². The second kappa shape index (κ2) is 8.20. The standard InChI is InChI=1S/C15H22BrNO2/c1-4-12(7-8-16)10-17-15(18)13-6-5-11(2)14(9-13)19-3/h5-6,9,12H,4,7-8,10H2,1-3H3,(H,17,18). The Kier molecular flexibility index (Phi) is 6.92. The largest absolute Gasteiger partial charge is 0.496 e. The molecule has 1 aromatic rings. The molecular formula is C15H22BrNO2. The number of hydrogen-bond donors (Lipinski definition) is 1. The Morgan fingerprint density at radius 2 is 2.21 bits per heavy atom. The highest BCUT2D eigenvalue weighted by Gasteiger charge is 2.11. The van der Waals surface area contributed by atoms with Gasteiger partial charge in [-0.3, -0.25) is 4.79 Å². The average Bonchev–Trinajstić information content (AvgIpc) is 2.43. The molecule has 1 N–H and O–H groups in total. The van der Waals surface area contributed by atoms with Crippen molar-refractivity contribution in [2.24, 2.45) is 5.92 Å². The van der Waals surface area contributed by atoms with Crippen molar-refractivity contribution in [3.8, 4) is 5.75 Å². The normalized spacial score (nSPS) is 12.0. The maximum Gasteiger partial charge on any atom is 0.251 e. The number of ether oxygens (including phenoxy) is 1. The van der Waals surface area contributed by atoms with E-state index in [4.69, 9.17) is 4.74 Å². The minimum atomic E-state index is -0.0358. The highest BCUT2D eigenvalue weighted by molar-refractivity contribution is 9.09. The number of rotatable bonds is 7. The Bertz CT molecular complexity index is 421. The van der Waals surface area contributed by atoms with Gasteiger partial charge in [-0.25, -0.2) is 0 Å². The van der Waals surface area contributed by atoms with E-state index in [0.717, 1.165) is 36.0 Å². The number of carbonyl (C=O) groups is 1. The van der Waals surface area contributed by atoms with E-state index >= 15 is 0 Å². The first-order valence-corrected chi connectivity index (χ1v) is 7.73. The van der Waals surface area contributed by atoms with E-state index in [2.05, 4.69) is 28.2 Å². The molecule has 0 aliphatic rings. The van der Waals surface area contributed by atoms with Crippen LogP contribution in [0.3, 0.4) is 0 Å². The third-order valence-electron chi connectivity index (χ3n) is 3.32. The molecule has 0 aromatic heterocycles. The molecule has 1 aromatic carbocycles. The first kappa shape index (κ1) is 16.0. The fourth-order valence-electron chi connectivity index (χ4n) is 1.91. The molecular weight excluding hydrogens is 306 g/mol. The van der Waals surface area contributed by atoms with Crippen LogP contribution in [-0.2, 0) is 0 Å². The predicted molar refractivity (Wildman–Crippen MR) is 82.3 cm³/mol. The number of hydrogen-bond acceptors (Lipinski definition) is 2. The number of carbonyl (C=O) groups excluding carboxylic acids is 1. The van der Waals surface area contributed by atoms with Gasteiger partial charge in [0.1, 0.15) is 5.75 Å². The predicted octanol–water partition coefficient (Wildman–Crippen LogP) is 3.54. The maximum atomic E-state index is 12.1. The summed E-state index contributed by atoms with van der Waals surface area (Å²) in [4.78, 5) is 12.1. The zero-order valence-electron chi connectivity index (χ0n) is 11.8. The van der Waals surface area contributed by atoms with Crippen molar-refractivity contribution < 1.29 is 9.53 Å². The number of benzene rings is 1. The number of amides is 1. The van der Waals surface area contributed by atoms with E-state index in [1.54, 1.807) is 13.2 Å². The van der Waals surface area contributed by atoms with Crippen molar-refractivity contribution in [2.75, 3.05) is 19.0 Å². The molecule has 4 heteroatoms. The van der Waals surface area contributed by atoms with Crippen LogP contribution in [0.2, 0.25) is 0 Å². The van der Waals surface area contributed by atoms with Crippen molar-refractivity contribution in [2.45, 2.75) is 26.7 Å². The van der Waals surface area contributed by atoms with Gasteiger partial charge in [-0.1, -0.05) is 35.3 Å². The third-order valence-corrected chi connectivity index (χ3v) is 3.77. The van der Waals surface area contributed by atoms with Crippen LogP contribution < -0.4 is 10.1 Å². The van der Waals surface area contributed by atoms with E-state index < -0.39 is 0 Å². The summed E-state index contributed by atoms with van der Waals surface area (Å²) in [5, 5.41) is 3.96. The summed E-state index contributed by atoms with van der Waals surface area (Å²) in [6.07, 6.45) is 2.15. The smallest absolute Gasteiger partial charge is 0.251 e. The summed E-state index contributed by atoms with van der Waals surface area (Å²) in [6, 6.07) is 5.53. The molecule has 1 rings (SSSR count). The number of alkyl halides is 1. The zero-order chi connectivity index (χ0) is 14.3. The molecule has 1 unspecified atom stereocenters. The van der Waals surface area contributed by atoms with Crippen LogP contribution in [0, 0.1) is 12.8 Å². The summed E-state index contributed by atoms with van der Waals surface area (Å²) >= 11 is 3.44. The van der Waals surface area contributed by atoms with Crippen LogP contribution in [0.5, 0.6) is 5.75 Å². The minimum absolute atomic E-state index is 0.0358. The number of halogens is 1. The molecule has 1 atom stereocenters. The van der Waals surface area contributed by atoms with E-state index in [1.165, 1.54) is 0 Å². The van der Waals surface area contributed by atoms with Crippen LogP contribution in [0.25, 0.3) is 0 Å². The molecule has 0 aliphatic heterocycles. The van der Waals surface area contributed by atoms with Gasteiger partial charge in [0.25, 0.3) is 5.91 Å². The van der Waals surface area contributed by atoms with Crippen LogP contribution >= 0.6 is 15.9 Å². The van der Waals surface area contributed by atoms with Crippen LogP contribution in [0.4, 0.5) is 0 Å². The molecule has 1 amide bonds. The third kappa shape index (κ3) is 4.86. The molecule has 19 heavy (non-hydrogen) atoms. The first-order valence-electron chi connectivity index (χ1n) is 6.61.